The fraction of sp³-hybridized carbons (Fsp3) is 0.182. The summed E-state index contributed by atoms with van der Waals surface area (Å²) in [4.78, 5) is 49.7. The Hall–Kier alpha value is -3.94. The number of carbonyl (C=O) groups is 4. The number of ketones is 2. The third kappa shape index (κ3) is 4.38. The van der Waals surface area contributed by atoms with Crippen LogP contribution in [-0.2, 0) is 14.3 Å². The fourth-order valence-electron chi connectivity index (χ4n) is 2.95. The summed E-state index contributed by atoms with van der Waals surface area (Å²) >= 11 is 0. The monoisotopic (exact) mass is 408 g/mol. The number of amides is 1. The number of Topliss-reactive ketones (excluding diaryl/α,β-unsaturated/α-hetero) is 2. The Bertz CT molecular complexity index is 1040. The Kier molecular flexibility index (Phi) is 6.26. The molecule has 0 unspecified atom stereocenters. The van der Waals surface area contributed by atoms with E-state index >= 15 is 0 Å². The second kappa shape index (κ2) is 9.04. The predicted octanol–water partition coefficient (Wildman–Crippen LogP) is 2.47. The quantitative estimate of drug-likeness (QED) is 0.677. The smallest absolute Gasteiger partial charge is 0.306 e. The van der Waals surface area contributed by atoms with Gasteiger partial charge in [0.25, 0.3) is 0 Å². The normalized spacial score (nSPS) is 12.9. The molecule has 8 nitrogen and oxygen atoms in total. The average molecular weight is 408 g/mol. The summed E-state index contributed by atoms with van der Waals surface area (Å²) < 4.78 is 9.64. The molecule has 0 aromatic heterocycles. The highest BCUT2D eigenvalue weighted by molar-refractivity contribution is 6.28. The number of methoxy groups -OCH3 is 2. The van der Waals surface area contributed by atoms with E-state index < -0.39 is 23.4 Å². The number of benzene rings is 2. The zero-order chi connectivity index (χ0) is 21.7. The van der Waals surface area contributed by atoms with Crippen LogP contribution in [0, 0.1) is 0 Å². The van der Waals surface area contributed by atoms with Crippen LogP contribution in [0.4, 0.5) is 5.69 Å². The Morgan fingerprint density at radius 1 is 0.833 bits per heavy atom. The third-order valence-corrected chi connectivity index (χ3v) is 4.53. The first kappa shape index (κ1) is 20.8. The molecule has 1 aliphatic carbocycles. The highest BCUT2D eigenvalue weighted by Gasteiger charge is 2.33. The molecule has 0 bridgehead atoms. The summed E-state index contributed by atoms with van der Waals surface area (Å²) in [6.07, 6.45) is -0.329. The Labute approximate surface area is 172 Å². The topological polar surface area (TPSA) is 111 Å². The highest BCUT2D eigenvalue weighted by Crippen LogP contribution is 2.27. The molecule has 0 aliphatic heterocycles. The van der Waals surface area contributed by atoms with Crippen LogP contribution in [0.25, 0.3) is 0 Å². The van der Waals surface area contributed by atoms with Crippen molar-refractivity contribution in [3.8, 4) is 5.75 Å². The first-order valence-corrected chi connectivity index (χ1v) is 9.15. The Morgan fingerprint density at radius 3 is 2.00 bits per heavy atom. The fourth-order valence-corrected chi connectivity index (χ4v) is 2.95. The van der Waals surface area contributed by atoms with E-state index in [9.17, 15) is 19.2 Å². The summed E-state index contributed by atoms with van der Waals surface area (Å²) in [5.41, 5.74) is 0.768. The summed E-state index contributed by atoms with van der Waals surface area (Å²) in [6, 6.07) is 13.1. The number of hydrogen-bond donors (Lipinski definition) is 2. The molecule has 0 fully saturated rings. The van der Waals surface area contributed by atoms with E-state index in [1.54, 1.807) is 42.5 Å². The van der Waals surface area contributed by atoms with Crippen molar-refractivity contribution in [2.45, 2.75) is 12.8 Å². The van der Waals surface area contributed by atoms with Gasteiger partial charge in [0.05, 0.1) is 20.6 Å². The summed E-state index contributed by atoms with van der Waals surface area (Å²) in [5, 5.41) is 5.42. The molecule has 0 saturated carbocycles. The number of anilines is 1. The minimum atomic E-state index is -0.579. The zero-order valence-electron chi connectivity index (χ0n) is 16.5. The van der Waals surface area contributed by atoms with Gasteiger partial charge in [0, 0.05) is 23.2 Å². The van der Waals surface area contributed by atoms with E-state index in [-0.39, 0.29) is 35.4 Å². The summed E-state index contributed by atoms with van der Waals surface area (Å²) in [6.45, 7) is 0. The largest absolute Gasteiger partial charge is 0.497 e. The van der Waals surface area contributed by atoms with Gasteiger partial charge in [0.15, 0.2) is 0 Å². The van der Waals surface area contributed by atoms with Gasteiger partial charge >= 0.3 is 5.97 Å². The van der Waals surface area contributed by atoms with Crippen molar-refractivity contribution in [3.05, 3.63) is 71.1 Å². The molecule has 0 heterocycles. The van der Waals surface area contributed by atoms with Crippen molar-refractivity contribution in [2.75, 3.05) is 19.5 Å². The molecule has 1 amide bonds. The lowest BCUT2D eigenvalue weighted by molar-refractivity contribution is -0.142. The van der Waals surface area contributed by atoms with E-state index in [1.807, 2.05) is 0 Å². The van der Waals surface area contributed by atoms with Crippen molar-refractivity contribution in [3.63, 3.8) is 0 Å². The Balaban J connectivity index is 1.94. The number of nitrogens with one attached hydrogen (secondary N) is 2. The van der Waals surface area contributed by atoms with Crippen LogP contribution in [0.3, 0.4) is 0 Å². The van der Waals surface area contributed by atoms with Crippen molar-refractivity contribution in [2.24, 2.45) is 0 Å². The van der Waals surface area contributed by atoms with E-state index in [0.717, 1.165) is 0 Å². The maximum absolute atomic E-state index is 13.1. The number of ether oxygens (including phenoxy) is 2. The second-order valence-electron chi connectivity index (χ2n) is 6.43. The standard InChI is InChI=1S/C22H20N2O6/c1-29-14-9-7-13(8-10-14)23-19-20(24-17(25)11-12-18(26)30-2)22(28)16-6-4-3-5-15(16)21(19)27/h3-10,23H,11-12H2,1-2H3,(H,24,25). The molecule has 1 aliphatic rings. The maximum Gasteiger partial charge on any atom is 0.306 e. The van der Waals surface area contributed by atoms with Gasteiger partial charge in [-0.1, -0.05) is 24.3 Å². The van der Waals surface area contributed by atoms with Gasteiger partial charge in [-0.05, 0) is 24.3 Å². The van der Waals surface area contributed by atoms with Crippen LogP contribution < -0.4 is 15.4 Å². The number of fused-ring (bicyclic) bond motifs is 1. The van der Waals surface area contributed by atoms with Gasteiger partial charge in [0.1, 0.15) is 17.1 Å². The van der Waals surface area contributed by atoms with Crippen LogP contribution in [-0.4, -0.2) is 37.7 Å². The summed E-state index contributed by atoms with van der Waals surface area (Å²) in [7, 11) is 2.76. The zero-order valence-corrected chi connectivity index (χ0v) is 16.5. The molecule has 0 radical (unpaired) electrons. The number of carbonyl (C=O) groups excluding carboxylic acids is 4. The van der Waals surface area contributed by atoms with Crippen LogP contribution in [0.1, 0.15) is 33.6 Å². The molecular weight excluding hydrogens is 388 g/mol. The number of esters is 1. The van der Waals surface area contributed by atoms with Crippen LogP contribution in [0.15, 0.2) is 59.9 Å². The minimum absolute atomic E-state index is 0.0460. The van der Waals surface area contributed by atoms with Gasteiger partial charge in [-0.2, -0.15) is 0 Å². The van der Waals surface area contributed by atoms with E-state index in [0.29, 0.717) is 11.4 Å². The lowest BCUT2D eigenvalue weighted by atomic mass is 9.90. The van der Waals surface area contributed by atoms with Gasteiger partial charge in [-0.3, -0.25) is 19.2 Å². The van der Waals surface area contributed by atoms with E-state index in [1.165, 1.54) is 20.3 Å². The molecule has 3 rings (SSSR count). The molecule has 2 aromatic carbocycles. The molecule has 30 heavy (non-hydrogen) atoms. The molecule has 8 heteroatoms. The summed E-state index contributed by atoms with van der Waals surface area (Å²) in [5.74, 6) is -1.42. The van der Waals surface area contributed by atoms with Crippen molar-refractivity contribution >= 4 is 29.1 Å². The molecule has 2 aromatic rings. The molecule has 2 N–H and O–H groups in total. The molecular formula is C22H20N2O6. The second-order valence-corrected chi connectivity index (χ2v) is 6.43. The molecule has 0 atom stereocenters. The third-order valence-electron chi connectivity index (χ3n) is 4.53. The predicted molar refractivity (Wildman–Crippen MR) is 108 cm³/mol. The number of rotatable bonds is 7. The highest BCUT2D eigenvalue weighted by atomic mass is 16.5. The van der Waals surface area contributed by atoms with Crippen LogP contribution in [0.2, 0.25) is 0 Å². The van der Waals surface area contributed by atoms with E-state index in [4.69, 9.17) is 4.74 Å². The molecule has 0 saturated heterocycles. The van der Waals surface area contributed by atoms with Crippen LogP contribution >= 0.6 is 0 Å². The number of allylic oxidation sites excluding steroid dienone is 2. The SMILES string of the molecule is COC(=O)CCC(=O)NC1=C(Nc2ccc(OC)cc2)C(=O)c2ccccc2C1=O. The Morgan fingerprint density at radius 2 is 1.43 bits per heavy atom. The molecule has 0 spiro atoms. The first-order chi connectivity index (χ1) is 14.4. The van der Waals surface area contributed by atoms with Gasteiger partial charge in [-0.25, -0.2) is 0 Å². The van der Waals surface area contributed by atoms with Crippen LogP contribution in [0.5, 0.6) is 5.75 Å². The van der Waals surface area contributed by atoms with Crippen molar-refractivity contribution < 1.29 is 28.7 Å². The average Bonchev–Trinajstić information content (AvgIpc) is 2.78. The first-order valence-electron chi connectivity index (χ1n) is 9.15. The lowest BCUT2D eigenvalue weighted by Crippen LogP contribution is -2.36. The van der Waals surface area contributed by atoms with Crippen molar-refractivity contribution in [1.82, 2.24) is 5.32 Å². The number of hydrogen-bond acceptors (Lipinski definition) is 7. The molecule has 154 valence electrons. The minimum Gasteiger partial charge on any atom is -0.497 e. The lowest BCUT2D eigenvalue weighted by Gasteiger charge is -2.22. The van der Waals surface area contributed by atoms with E-state index in [2.05, 4.69) is 15.4 Å². The maximum atomic E-state index is 13.1. The van der Waals surface area contributed by atoms with Crippen molar-refractivity contribution in [1.29, 1.82) is 0 Å². The van der Waals surface area contributed by atoms with Gasteiger partial charge in [0.2, 0.25) is 17.5 Å². The van der Waals surface area contributed by atoms with Gasteiger partial charge < -0.3 is 20.1 Å². The van der Waals surface area contributed by atoms with Gasteiger partial charge in [-0.15, -0.1) is 0 Å².